The van der Waals surface area contributed by atoms with Crippen LogP contribution in [-0.2, 0) is 10.8 Å². The van der Waals surface area contributed by atoms with Gasteiger partial charge in [-0.3, -0.25) is 9.56 Å². The van der Waals surface area contributed by atoms with Crippen molar-refractivity contribution in [3.63, 3.8) is 0 Å². The second kappa shape index (κ2) is 16.2. The van der Waals surface area contributed by atoms with Crippen LogP contribution in [0.2, 0.25) is 0 Å². The number of aromatic nitrogens is 2. The van der Waals surface area contributed by atoms with Gasteiger partial charge in [0.05, 0.1) is 34.0 Å². The maximum absolute atomic E-state index is 6.00. The zero-order valence-electron chi connectivity index (χ0n) is 42.1. The van der Waals surface area contributed by atoms with Crippen LogP contribution in [0.4, 0.5) is 22.7 Å². The van der Waals surface area contributed by atoms with Gasteiger partial charge in [-0.1, -0.05) is 162 Å². The first-order chi connectivity index (χ1) is 33.0. The minimum atomic E-state index is -0.423. The van der Waals surface area contributed by atoms with Gasteiger partial charge in [-0.2, -0.15) is 0 Å². The third-order valence-electron chi connectivity index (χ3n) is 15.3. The fourth-order valence-electron chi connectivity index (χ4n) is 11.9. The Morgan fingerprint density at radius 1 is 0.551 bits per heavy atom. The van der Waals surface area contributed by atoms with Crippen molar-refractivity contribution in [2.75, 3.05) is 9.80 Å². The number of hydrogen-bond donors (Lipinski definition) is 0. The van der Waals surface area contributed by atoms with Gasteiger partial charge in [0.25, 0.3) is 0 Å². The van der Waals surface area contributed by atoms with Crippen LogP contribution in [0.5, 0.6) is 0 Å². The van der Waals surface area contributed by atoms with Crippen molar-refractivity contribution in [2.24, 2.45) is 4.99 Å². The first-order valence-electron chi connectivity index (χ1n) is 24.6. The van der Waals surface area contributed by atoms with Crippen LogP contribution in [-0.4, -0.2) is 27.0 Å². The minimum absolute atomic E-state index is 0.0224. The highest BCUT2D eigenvalue weighted by Crippen LogP contribution is 2.55. The highest BCUT2D eigenvalue weighted by molar-refractivity contribution is 6.15. The topological polar surface area (TPSA) is 36.7 Å². The van der Waals surface area contributed by atoms with Crippen LogP contribution in [0.1, 0.15) is 110 Å². The number of hydrogen-bond acceptors (Lipinski definition) is 4. The molecule has 5 nitrogen and oxygen atoms in total. The predicted molar refractivity (Wildman–Crippen MR) is 291 cm³/mol. The lowest BCUT2D eigenvalue weighted by Gasteiger charge is -2.43. The summed E-state index contributed by atoms with van der Waals surface area (Å²) in [4.78, 5) is 16.2. The number of benzene rings is 7. The summed E-state index contributed by atoms with van der Waals surface area (Å²) in [6, 6.07) is 60.8. The van der Waals surface area contributed by atoms with Gasteiger partial charge in [0, 0.05) is 45.2 Å². The molecule has 1 atom stereocenters. The number of pyridine rings is 1. The Labute approximate surface area is 408 Å². The molecule has 2 aliphatic rings. The number of rotatable bonds is 7. The van der Waals surface area contributed by atoms with Gasteiger partial charge in [-0.05, 0) is 134 Å². The summed E-state index contributed by atoms with van der Waals surface area (Å²) in [6.45, 7) is 25.4. The third-order valence-corrected chi connectivity index (χ3v) is 15.3. The molecule has 0 bridgehead atoms. The molecule has 2 aromatic heterocycles. The van der Waals surface area contributed by atoms with Gasteiger partial charge >= 0.3 is 0 Å². The van der Waals surface area contributed by atoms with E-state index in [-0.39, 0.29) is 22.8 Å². The summed E-state index contributed by atoms with van der Waals surface area (Å²) < 4.78 is 2.38. The number of fused-ring (bicyclic) bond motifs is 5. The lowest BCUT2D eigenvalue weighted by molar-refractivity contribution is 0.405. The SMILES string of the molecule is Cc1cc(C)c(N2C(c3ccc(C)c(N4c5ccccc5C(C)(C)c5cc6c7ccccc7n(-c7cc(C(C)(C)C)ccn7)c6cc54)c3)=N[C@H](C(c3ccccc3)c3ccccc3)C2(C)C)c(C)c1. The first kappa shape index (κ1) is 44.3. The van der Waals surface area contributed by atoms with Crippen molar-refractivity contribution >= 4 is 50.4 Å². The van der Waals surface area contributed by atoms with E-state index in [1.54, 1.807) is 0 Å². The lowest BCUT2D eigenvalue weighted by Crippen LogP contribution is -2.51. The van der Waals surface area contributed by atoms with Crippen LogP contribution < -0.4 is 9.80 Å². The Kier molecular flexibility index (Phi) is 10.4. The van der Waals surface area contributed by atoms with Gasteiger partial charge in [-0.25, -0.2) is 4.98 Å². The maximum Gasteiger partial charge on any atom is 0.137 e. The highest BCUT2D eigenvalue weighted by atomic mass is 15.3. The molecule has 0 aliphatic carbocycles. The summed E-state index contributed by atoms with van der Waals surface area (Å²) in [6.07, 6.45) is 1.97. The summed E-state index contributed by atoms with van der Waals surface area (Å²) in [5.41, 5.74) is 18.7. The van der Waals surface area contributed by atoms with Crippen LogP contribution in [0.15, 0.2) is 175 Å². The Bertz CT molecular complexity index is 3430. The average molecular weight is 902 g/mol. The fraction of sp³-hybridized carbons (Fsp3) is 0.250. The van der Waals surface area contributed by atoms with E-state index in [2.05, 4.69) is 254 Å². The average Bonchev–Trinajstić information content (AvgIpc) is 3.79. The summed E-state index contributed by atoms with van der Waals surface area (Å²) >= 11 is 0. The molecule has 0 fully saturated rings. The van der Waals surface area contributed by atoms with Crippen LogP contribution in [0.3, 0.4) is 0 Å². The van der Waals surface area contributed by atoms with E-state index in [0.29, 0.717) is 0 Å². The normalized spacial score (nSPS) is 16.3. The molecule has 69 heavy (non-hydrogen) atoms. The van der Waals surface area contributed by atoms with E-state index < -0.39 is 5.54 Å². The number of aryl methyl sites for hydroxylation is 4. The number of aliphatic imine (C=N–C) groups is 1. The Morgan fingerprint density at radius 3 is 1.87 bits per heavy atom. The number of amidine groups is 1. The zero-order valence-corrected chi connectivity index (χ0v) is 42.1. The van der Waals surface area contributed by atoms with Gasteiger partial charge in [0.15, 0.2) is 0 Å². The van der Waals surface area contributed by atoms with Gasteiger partial charge in [0.1, 0.15) is 11.7 Å². The standard InChI is InChI=1S/C64H63N5/c1-40-34-42(3)59(43(4)35-40)69-61(66-60(64(69,10)11)58(44-22-14-12-15-23-44)45-24-16-13-17-25-45)46-31-30-41(2)54(36-46)67-53-29-21-19-27-50(53)63(8,9)51-38-49-48-26-18-20-28-52(48)68(55(49)39-56(51)67)57-37-47(32-33-65-57)62(5,6)7/h12-39,58,60H,1-11H3/t60-/m1/s1. The smallest absolute Gasteiger partial charge is 0.137 e. The quantitative estimate of drug-likeness (QED) is 0.160. The maximum atomic E-state index is 6.00. The van der Waals surface area contributed by atoms with Gasteiger partial charge in [-0.15, -0.1) is 0 Å². The van der Waals surface area contributed by atoms with Crippen molar-refractivity contribution in [2.45, 2.75) is 104 Å². The molecule has 0 saturated carbocycles. The fourth-order valence-corrected chi connectivity index (χ4v) is 11.9. The monoisotopic (exact) mass is 902 g/mol. The molecule has 0 N–H and O–H groups in total. The molecule has 0 spiro atoms. The molecule has 5 heteroatoms. The van der Waals surface area contributed by atoms with Gasteiger partial charge in [0.2, 0.25) is 0 Å². The van der Waals surface area contributed by atoms with Crippen molar-refractivity contribution in [3.05, 3.63) is 226 Å². The first-order valence-corrected chi connectivity index (χ1v) is 24.6. The summed E-state index contributed by atoms with van der Waals surface area (Å²) in [5, 5.41) is 2.45. The van der Waals surface area contributed by atoms with E-state index >= 15 is 0 Å². The molecule has 2 aliphatic heterocycles. The van der Waals surface area contributed by atoms with E-state index in [9.17, 15) is 0 Å². The number of para-hydroxylation sites is 2. The summed E-state index contributed by atoms with van der Waals surface area (Å²) in [5.74, 6) is 1.94. The Hall–Kier alpha value is -7.24. The molecule has 7 aromatic carbocycles. The predicted octanol–water partition coefficient (Wildman–Crippen LogP) is 16.1. The van der Waals surface area contributed by atoms with Crippen molar-refractivity contribution in [1.82, 2.24) is 9.55 Å². The molecule has 0 unspecified atom stereocenters. The van der Waals surface area contributed by atoms with Crippen molar-refractivity contribution < 1.29 is 0 Å². The largest absolute Gasteiger partial charge is 0.318 e. The molecular formula is C64H63N5. The Balaban J connectivity index is 1.16. The molecule has 9 aromatic rings. The molecule has 344 valence electrons. The molecule has 4 heterocycles. The lowest BCUT2D eigenvalue weighted by atomic mass is 9.73. The van der Waals surface area contributed by atoms with E-state index in [1.807, 2.05) is 6.20 Å². The van der Waals surface area contributed by atoms with Crippen LogP contribution in [0, 0.1) is 27.7 Å². The summed E-state index contributed by atoms with van der Waals surface area (Å²) in [7, 11) is 0. The Morgan fingerprint density at radius 2 is 1.19 bits per heavy atom. The molecule has 11 rings (SSSR count). The van der Waals surface area contributed by atoms with Crippen LogP contribution >= 0.6 is 0 Å². The number of anilines is 4. The highest BCUT2D eigenvalue weighted by Gasteiger charge is 2.49. The second-order valence-electron chi connectivity index (χ2n) is 21.8. The van der Waals surface area contributed by atoms with Gasteiger partial charge < -0.3 is 9.80 Å². The zero-order chi connectivity index (χ0) is 48.1. The second-order valence-corrected chi connectivity index (χ2v) is 21.8. The minimum Gasteiger partial charge on any atom is -0.318 e. The van der Waals surface area contributed by atoms with Crippen molar-refractivity contribution in [1.29, 1.82) is 0 Å². The molecular weight excluding hydrogens is 839 g/mol. The molecule has 0 saturated heterocycles. The molecule has 0 radical (unpaired) electrons. The van der Waals surface area contributed by atoms with E-state index in [0.717, 1.165) is 33.9 Å². The molecule has 0 amide bonds. The van der Waals surface area contributed by atoms with E-state index in [4.69, 9.17) is 9.98 Å². The third kappa shape index (κ3) is 7.11. The number of nitrogens with zero attached hydrogens (tertiary/aromatic N) is 5. The van der Waals surface area contributed by atoms with Crippen molar-refractivity contribution in [3.8, 4) is 5.82 Å². The van der Waals surface area contributed by atoms with Crippen LogP contribution in [0.25, 0.3) is 27.6 Å². The van der Waals surface area contributed by atoms with E-state index in [1.165, 1.54) is 77.9 Å².